The van der Waals surface area contributed by atoms with Gasteiger partial charge in [0.1, 0.15) is 10.6 Å². The molecule has 0 aliphatic rings. The Morgan fingerprint density at radius 1 is 1.25 bits per heavy atom. The van der Waals surface area contributed by atoms with E-state index in [4.69, 9.17) is 10.5 Å². The lowest BCUT2D eigenvalue weighted by Gasteiger charge is -2.13. The Kier molecular flexibility index (Phi) is 5.27. The molecule has 0 saturated carbocycles. The molecule has 1 amide bonds. The summed E-state index contributed by atoms with van der Waals surface area (Å²) in [6, 6.07) is 10.5. The van der Waals surface area contributed by atoms with Crippen LogP contribution in [0.3, 0.4) is 0 Å². The van der Waals surface area contributed by atoms with Crippen molar-refractivity contribution in [2.24, 2.45) is 5.73 Å². The number of nitrogens with one attached hydrogen (secondary N) is 1. The monoisotopic (exact) mass is 402 g/mol. The lowest BCUT2D eigenvalue weighted by molar-refractivity contribution is 0.100. The number of rotatable bonds is 7. The Balaban J connectivity index is 2.04. The summed E-state index contributed by atoms with van der Waals surface area (Å²) in [6.45, 7) is 2.39. The Labute approximate surface area is 161 Å². The van der Waals surface area contributed by atoms with Crippen LogP contribution in [0.5, 0.6) is 5.75 Å². The fourth-order valence-electron chi connectivity index (χ4n) is 2.60. The molecular formula is C17H18N6O4S. The third-order valence-electron chi connectivity index (χ3n) is 3.94. The van der Waals surface area contributed by atoms with Crippen LogP contribution in [0.25, 0.3) is 11.4 Å². The topological polar surface area (TPSA) is 142 Å². The van der Waals surface area contributed by atoms with Crippen molar-refractivity contribution in [3.63, 3.8) is 0 Å². The van der Waals surface area contributed by atoms with Crippen LogP contribution in [0, 0.1) is 0 Å². The summed E-state index contributed by atoms with van der Waals surface area (Å²) >= 11 is 0. The minimum absolute atomic E-state index is 0.0948. The van der Waals surface area contributed by atoms with Crippen molar-refractivity contribution in [1.29, 1.82) is 0 Å². The van der Waals surface area contributed by atoms with E-state index in [0.717, 1.165) is 0 Å². The van der Waals surface area contributed by atoms with Gasteiger partial charge in [-0.2, -0.15) is 0 Å². The van der Waals surface area contributed by atoms with Crippen molar-refractivity contribution in [2.75, 3.05) is 11.8 Å². The molecule has 0 saturated heterocycles. The summed E-state index contributed by atoms with van der Waals surface area (Å²) in [7, 11) is -2.66. The number of primary amides is 1. The first-order valence-electron chi connectivity index (χ1n) is 8.23. The molecule has 3 rings (SSSR count). The molecule has 28 heavy (non-hydrogen) atoms. The fourth-order valence-corrected chi connectivity index (χ4v) is 3.84. The lowest BCUT2D eigenvalue weighted by Crippen LogP contribution is -2.16. The van der Waals surface area contributed by atoms with E-state index in [-0.39, 0.29) is 21.9 Å². The predicted octanol–water partition coefficient (Wildman–Crippen LogP) is 1.27. The first-order valence-corrected chi connectivity index (χ1v) is 9.71. The zero-order valence-corrected chi connectivity index (χ0v) is 16.0. The molecule has 3 aromatic rings. The second-order valence-electron chi connectivity index (χ2n) is 5.73. The third kappa shape index (κ3) is 3.78. The highest BCUT2D eigenvalue weighted by molar-refractivity contribution is 7.92. The maximum atomic E-state index is 13.0. The summed E-state index contributed by atoms with van der Waals surface area (Å²) in [5, 5.41) is 11.4. The van der Waals surface area contributed by atoms with E-state index < -0.39 is 15.9 Å². The predicted molar refractivity (Wildman–Crippen MR) is 101 cm³/mol. The van der Waals surface area contributed by atoms with Crippen LogP contribution in [-0.2, 0) is 16.6 Å². The number of sulfonamides is 1. The SMILES string of the molecule is CCn1nnnc1-c1ccc(OC)c(S(=O)(=O)Nc2cccc(C(N)=O)c2)c1. The molecule has 2 aromatic carbocycles. The largest absolute Gasteiger partial charge is 0.495 e. The molecule has 0 atom stereocenters. The van der Waals surface area contributed by atoms with Gasteiger partial charge in [-0.25, -0.2) is 13.1 Å². The van der Waals surface area contributed by atoms with Crippen LogP contribution < -0.4 is 15.2 Å². The van der Waals surface area contributed by atoms with Gasteiger partial charge < -0.3 is 10.5 Å². The van der Waals surface area contributed by atoms with E-state index in [1.54, 1.807) is 10.7 Å². The fraction of sp³-hybridized carbons (Fsp3) is 0.176. The zero-order valence-electron chi connectivity index (χ0n) is 15.2. The molecule has 0 aliphatic heterocycles. The quantitative estimate of drug-likeness (QED) is 0.606. The van der Waals surface area contributed by atoms with E-state index in [2.05, 4.69) is 20.2 Å². The first-order chi connectivity index (χ1) is 13.4. The summed E-state index contributed by atoms with van der Waals surface area (Å²) in [6.07, 6.45) is 0. The molecular weight excluding hydrogens is 384 g/mol. The molecule has 0 spiro atoms. The molecule has 0 aliphatic carbocycles. The molecule has 0 fully saturated rings. The summed E-state index contributed by atoms with van der Waals surface area (Å²) in [5.41, 5.74) is 6.14. The van der Waals surface area contributed by atoms with Crippen LogP contribution in [0.2, 0.25) is 0 Å². The normalized spacial score (nSPS) is 11.2. The highest BCUT2D eigenvalue weighted by atomic mass is 32.2. The number of anilines is 1. The first kappa shape index (κ1) is 19.3. The second-order valence-corrected chi connectivity index (χ2v) is 7.39. The van der Waals surface area contributed by atoms with E-state index >= 15 is 0 Å². The molecule has 0 bridgehead atoms. The molecule has 0 radical (unpaired) electrons. The van der Waals surface area contributed by atoms with Gasteiger partial charge in [-0.15, -0.1) is 5.10 Å². The number of nitrogens with zero attached hydrogens (tertiary/aromatic N) is 4. The highest BCUT2D eigenvalue weighted by Crippen LogP contribution is 2.30. The van der Waals surface area contributed by atoms with Crippen molar-refractivity contribution >= 4 is 21.6 Å². The second kappa shape index (κ2) is 7.64. The van der Waals surface area contributed by atoms with E-state index in [0.29, 0.717) is 17.9 Å². The van der Waals surface area contributed by atoms with Crippen LogP contribution >= 0.6 is 0 Å². The molecule has 1 aromatic heterocycles. The van der Waals surface area contributed by atoms with Gasteiger partial charge in [0.15, 0.2) is 5.82 Å². The van der Waals surface area contributed by atoms with Crippen LogP contribution in [0.15, 0.2) is 47.4 Å². The smallest absolute Gasteiger partial charge is 0.265 e. The van der Waals surface area contributed by atoms with Gasteiger partial charge in [0.05, 0.1) is 7.11 Å². The van der Waals surface area contributed by atoms with Crippen molar-refractivity contribution in [3.05, 3.63) is 48.0 Å². The molecule has 146 valence electrons. The van der Waals surface area contributed by atoms with E-state index in [1.165, 1.54) is 43.5 Å². The standard InChI is InChI=1S/C17H18N6O4S/c1-3-23-17(19-21-22-23)12-7-8-14(27-2)15(10-12)28(25,26)20-13-6-4-5-11(9-13)16(18)24/h4-10,20H,3H2,1-2H3,(H2,18,24). The Hall–Kier alpha value is -3.47. The summed E-state index contributed by atoms with van der Waals surface area (Å²) < 4.78 is 35.1. The van der Waals surface area contributed by atoms with Crippen LogP contribution in [0.4, 0.5) is 5.69 Å². The van der Waals surface area contributed by atoms with Gasteiger partial charge in [0.25, 0.3) is 10.0 Å². The van der Waals surface area contributed by atoms with Gasteiger partial charge in [-0.05, 0) is 53.7 Å². The summed E-state index contributed by atoms with van der Waals surface area (Å²) in [5.74, 6) is -0.0813. The third-order valence-corrected chi connectivity index (χ3v) is 5.34. The summed E-state index contributed by atoms with van der Waals surface area (Å²) in [4.78, 5) is 11.2. The minimum atomic E-state index is -4.04. The number of tetrazole rings is 1. The highest BCUT2D eigenvalue weighted by Gasteiger charge is 2.22. The van der Waals surface area contributed by atoms with Crippen molar-refractivity contribution in [2.45, 2.75) is 18.4 Å². The number of carbonyl (C=O) groups is 1. The van der Waals surface area contributed by atoms with Gasteiger partial charge in [-0.3, -0.25) is 9.52 Å². The average molecular weight is 402 g/mol. The van der Waals surface area contributed by atoms with Gasteiger partial charge in [-0.1, -0.05) is 6.07 Å². The van der Waals surface area contributed by atoms with Crippen molar-refractivity contribution in [1.82, 2.24) is 20.2 Å². The Morgan fingerprint density at radius 3 is 2.71 bits per heavy atom. The maximum absolute atomic E-state index is 13.0. The number of carbonyl (C=O) groups excluding carboxylic acids is 1. The Bertz CT molecular complexity index is 1130. The molecule has 11 heteroatoms. The maximum Gasteiger partial charge on any atom is 0.265 e. The van der Waals surface area contributed by atoms with Crippen molar-refractivity contribution in [3.8, 4) is 17.1 Å². The Morgan fingerprint density at radius 2 is 2.04 bits per heavy atom. The molecule has 3 N–H and O–H groups in total. The van der Waals surface area contributed by atoms with E-state index in [1.807, 2.05) is 6.92 Å². The molecule has 1 heterocycles. The number of methoxy groups -OCH3 is 1. The van der Waals surface area contributed by atoms with Crippen LogP contribution in [0.1, 0.15) is 17.3 Å². The molecule has 10 nitrogen and oxygen atoms in total. The number of benzene rings is 2. The van der Waals surface area contributed by atoms with Crippen molar-refractivity contribution < 1.29 is 17.9 Å². The van der Waals surface area contributed by atoms with E-state index in [9.17, 15) is 13.2 Å². The molecule has 0 unspecified atom stereocenters. The number of ether oxygens (including phenoxy) is 1. The number of hydrogen-bond donors (Lipinski definition) is 2. The number of aryl methyl sites for hydroxylation is 1. The number of amides is 1. The van der Waals surface area contributed by atoms with Gasteiger partial charge >= 0.3 is 0 Å². The number of hydrogen-bond acceptors (Lipinski definition) is 7. The number of aromatic nitrogens is 4. The van der Waals surface area contributed by atoms with Crippen LogP contribution in [-0.4, -0.2) is 41.6 Å². The minimum Gasteiger partial charge on any atom is -0.495 e. The zero-order chi connectivity index (χ0) is 20.3. The lowest BCUT2D eigenvalue weighted by atomic mass is 10.2. The number of nitrogens with two attached hydrogens (primary N) is 1. The average Bonchev–Trinajstić information content (AvgIpc) is 3.16. The van der Waals surface area contributed by atoms with Gasteiger partial charge in [0, 0.05) is 23.4 Å². The van der Waals surface area contributed by atoms with Gasteiger partial charge in [0.2, 0.25) is 5.91 Å².